The highest BCUT2D eigenvalue weighted by molar-refractivity contribution is 8.07. The average Bonchev–Trinajstić information content (AvgIpc) is 3.51. The van der Waals surface area contributed by atoms with Crippen molar-refractivity contribution in [2.45, 2.75) is 28.0 Å². The number of carbonyl (C=O) groups is 2. The molecule has 0 spiro atoms. The number of fused-ring (bicyclic) bond motifs is 2. The second kappa shape index (κ2) is 12.3. The van der Waals surface area contributed by atoms with Gasteiger partial charge < -0.3 is 19.9 Å². The molecule has 42 heavy (non-hydrogen) atoms. The number of nitrogens with zero attached hydrogens (tertiary/aromatic N) is 1. The fourth-order valence-corrected chi connectivity index (χ4v) is 9.98. The van der Waals surface area contributed by atoms with Crippen molar-refractivity contribution in [1.29, 1.82) is 0 Å². The van der Waals surface area contributed by atoms with Crippen LogP contribution in [0.1, 0.15) is 29.1 Å². The molecule has 2 aromatic heterocycles. The number of methoxy groups -OCH3 is 2. The van der Waals surface area contributed by atoms with Crippen molar-refractivity contribution < 1.29 is 23.8 Å². The van der Waals surface area contributed by atoms with Crippen LogP contribution < -0.4 is 11.2 Å². The summed E-state index contributed by atoms with van der Waals surface area (Å²) in [4.78, 5) is 42.8. The predicted octanol–water partition coefficient (Wildman–Crippen LogP) is 5.49. The molecule has 2 aliphatic heterocycles. The molecular weight excluding hydrogens is 613 g/mol. The molecule has 0 radical (unpaired) electrons. The average molecular weight is 639 g/mol. The first-order valence-electron chi connectivity index (χ1n) is 12.9. The molecule has 12 heteroatoms. The monoisotopic (exact) mass is 638 g/mol. The van der Waals surface area contributed by atoms with E-state index in [1.165, 1.54) is 65.3 Å². The van der Waals surface area contributed by atoms with E-state index in [2.05, 4.69) is 0 Å². The van der Waals surface area contributed by atoms with Crippen LogP contribution in [-0.4, -0.2) is 48.2 Å². The van der Waals surface area contributed by atoms with E-state index in [0.29, 0.717) is 25.1 Å². The molecule has 0 unspecified atom stereocenters. The minimum Gasteiger partial charge on any atom is -0.448 e. The Balaban J connectivity index is 1.45. The number of hydrogen-bond acceptors (Lipinski definition) is 11. The van der Waals surface area contributed by atoms with Gasteiger partial charge in [0.2, 0.25) is 11.3 Å². The number of nitrogens with two attached hydrogens (primary N) is 1. The molecule has 8 nitrogen and oxygen atoms in total. The predicted molar refractivity (Wildman–Crippen MR) is 168 cm³/mol. The fraction of sp³-hybridized carbons (Fsp3) is 0.233. The van der Waals surface area contributed by atoms with Crippen LogP contribution in [0.2, 0.25) is 0 Å². The number of carbonyl (C=O) groups excluding carboxylic acids is 2. The van der Waals surface area contributed by atoms with Crippen LogP contribution in [0.25, 0.3) is 9.40 Å². The molecule has 2 atom stereocenters. The molecule has 2 aromatic carbocycles. The molecule has 6 rings (SSSR count). The van der Waals surface area contributed by atoms with Gasteiger partial charge in [-0.05, 0) is 22.6 Å². The lowest BCUT2D eigenvalue weighted by Gasteiger charge is -2.48. The summed E-state index contributed by atoms with van der Waals surface area (Å²) in [7, 11) is 2.95. The molecule has 2 aliphatic rings. The third-order valence-electron chi connectivity index (χ3n) is 6.98. The molecule has 0 aliphatic carbocycles. The van der Waals surface area contributed by atoms with Crippen LogP contribution in [0.15, 0.2) is 91.7 Å². The van der Waals surface area contributed by atoms with Crippen molar-refractivity contribution in [3.05, 3.63) is 110 Å². The van der Waals surface area contributed by atoms with E-state index in [1.54, 1.807) is 0 Å². The second-order valence-electron chi connectivity index (χ2n) is 9.47. The van der Waals surface area contributed by atoms with Crippen LogP contribution in [-0.2, 0) is 23.8 Å². The third kappa shape index (κ3) is 5.21. The summed E-state index contributed by atoms with van der Waals surface area (Å²) in [6, 6.07) is 20.1. The Bertz CT molecular complexity index is 1680. The van der Waals surface area contributed by atoms with E-state index >= 15 is 0 Å². The Hall–Kier alpha value is -2.97. The second-order valence-corrected chi connectivity index (χ2v) is 13.9. The number of thioether (sulfide) groups is 2. The van der Waals surface area contributed by atoms with Crippen LogP contribution in [0, 0.1) is 0 Å². The molecule has 0 saturated carbocycles. The van der Waals surface area contributed by atoms with Gasteiger partial charge in [0.25, 0.3) is 0 Å². The minimum atomic E-state index is -0.901. The minimum absolute atomic E-state index is 0.148. The maximum atomic E-state index is 14.1. The molecule has 2 N–H and O–H groups in total. The van der Waals surface area contributed by atoms with E-state index in [1.807, 2.05) is 72.1 Å². The zero-order valence-electron chi connectivity index (χ0n) is 22.6. The molecule has 1 amide bonds. The molecule has 216 valence electrons. The highest BCUT2D eigenvalue weighted by atomic mass is 32.2. The maximum absolute atomic E-state index is 14.1. The molecule has 1 fully saturated rings. The topological polar surface area (TPSA) is 108 Å². The zero-order valence-corrected chi connectivity index (χ0v) is 25.8. The smallest absolute Gasteiger partial charge is 0.356 e. The number of ether oxygens (including phenoxy) is 3. The Kier molecular flexibility index (Phi) is 8.55. The number of amides is 1. The maximum Gasteiger partial charge on any atom is 0.356 e. The summed E-state index contributed by atoms with van der Waals surface area (Å²) in [5, 5.41) is 1.49. The van der Waals surface area contributed by atoms with E-state index < -0.39 is 24.4 Å². The first-order valence-corrected chi connectivity index (χ1v) is 16.5. The quantitative estimate of drug-likeness (QED) is 0.145. The van der Waals surface area contributed by atoms with Gasteiger partial charge in [-0.2, -0.15) is 0 Å². The van der Waals surface area contributed by atoms with Crippen molar-refractivity contribution in [3.63, 3.8) is 0 Å². The number of esters is 1. The summed E-state index contributed by atoms with van der Waals surface area (Å²) in [5.41, 5.74) is 8.04. The summed E-state index contributed by atoms with van der Waals surface area (Å²) in [5.74, 6) is -0.575. The van der Waals surface area contributed by atoms with Gasteiger partial charge in [-0.1, -0.05) is 72.4 Å². The first kappa shape index (κ1) is 29.1. The van der Waals surface area contributed by atoms with E-state index in [9.17, 15) is 14.4 Å². The summed E-state index contributed by atoms with van der Waals surface area (Å²) in [6.45, 7) is 0. The Morgan fingerprint density at radius 3 is 2.26 bits per heavy atom. The van der Waals surface area contributed by atoms with Crippen LogP contribution in [0.4, 0.5) is 0 Å². The first-order chi connectivity index (χ1) is 20.4. The normalized spacial score (nSPS) is 18.5. The van der Waals surface area contributed by atoms with Crippen molar-refractivity contribution >= 4 is 67.5 Å². The molecule has 1 saturated heterocycles. The zero-order chi connectivity index (χ0) is 29.4. The van der Waals surface area contributed by atoms with Gasteiger partial charge >= 0.3 is 5.97 Å². The van der Waals surface area contributed by atoms with Gasteiger partial charge in [0, 0.05) is 24.9 Å². The third-order valence-corrected chi connectivity index (χ3v) is 12.0. The number of hydrogen-bond donors (Lipinski definition) is 1. The number of rotatable bonds is 9. The van der Waals surface area contributed by atoms with Crippen LogP contribution in [0.3, 0.4) is 0 Å². The van der Waals surface area contributed by atoms with Gasteiger partial charge in [-0.15, -0.1) is 34.4 Å². The van der Waals surface area contributed by atoms with Crippen molar-refractivity contribution in [2.24, 2.45) is 5.73 Å². The van der Waals surface area contributed by atoms with E-state index in [0.717, 1.165) is 15.8 Å². The van der Waals surface area contributed by atoms with E-state index in [4.69, 9.17) is 19.9 Å². The summed E-state index contributed by atoms with van der Waals surface area (Å²) in [6.07, 6.45) is -1.60. The Morgan fingerprint density at radius 1 is 1.00 bits per heavy atom. The number of β-lactam (4-membered cyclic amide) rings is 1. The highest BCUT2D eigenvalue weighted by Crippen LogP contribution is 2.48. The molecule has 0 bridgehead atoms. The van der Waals surface area contributed by atoms with Crippen molar-refractivity contribution in [2.75, 3.05) is 20.0 Å². The SMILES string of the molecule is COC(OC)c1c(SC2=C(C(=O)OC(c3ccccc3)c3ccccc3)N3C(=O)[C@@H](N)[C@@H]3SC2)sc2ccsc2c1=O. The van der Waals surface area contributed by atoms with Gasteiger partial charge in [0.1, 0.15) is 17.1 Å². The van der Waals surface area contributed by atoms with Crippen molar-refractivity contribution in [3.8, 4) is 0 Å². The Labute approximate surface area is 258 Å². The van der Waals surface area contributed by atoms with Gasteiger partial charge in [-0.25, -0.2) is 4.79 Å². The standard InChI is InChI=1S/C30H26N2O6S4/c1-36-29(37-2)20-23(33)25-18(13-14-39-25)41-30(20)42-19-15-40-27-21(31)26(34)32(27)22(19)28(35)38-24(16-9-5-3-6-10-16)17-11-7-4-8-12-17/h3-14,21,24,27,29H,15,31H2,1-2H3/t21-,27+/m1/s1. The summed E-state index contributed by atoms with van der Waals surface area (Å²) < 4.78 is 19.3. The van der Waals surface area contributed by atoms with Crippen molar-refractivity contribution in [1.82, 2.24) is 4.90 Å². The summed E-state index contributed by atoms with van der Waals surface area (Å²) >= 11 is 5.53. The van der Waals surface area contributed by atoms with Crippen LogP contribution in [0.5, 0.6) is 0 Å². The lowest BCUT2D eigenvalue weighted by molar-refractivity contribution is -0.152. The largest absolute Gasteiger partial charge is 0.448 e. The molecular formula is C30H26N2O6S4. The molecule has 4 aromatic rings. The van der Waals surface area contributed by atoms with Crippen LogP contribution >= 0.6 is 46.2 Å². The van der Waals surface area contributed by atoms with Gasteiger partial charge in [0.15, 0.2) is 12.4 Å². The van der Waals surface area contributed by atoms with E-state index in [-0.39, 0.29) is 22.4 Å². The lowest BCUT2D eigenvalue weighted by Crippen LogP contribution is -2.68. The highest BCUT2D eigenvalue weighted by Gasteiger charge is 2.52. The van der Waals surface area contributed by atoms with Gasteiger partial charge in [0.05, 0.1) is 19.2 Å². The fourth-order valence-electron chi connectivity index (χ4n) is 4.94. The lowest BCUT2D eigenvalue weighted by atomic mass is 10.0. The molecule has 4 heterocycles. The Morgan fingerprint density at radius 2 is 1.64 bits per heavy atom. The van der Waals surface area contributed by atoms with Gasteiger partial charge in [-0.3, -0.25) is 14.5 Å². The number of benzene rings is 2. The number of thiophene rings is 1.